The first-order valence-corrected chi connectivity index (χ1v) is 11.5. The summed E-state index contributed by atoms with van der Waals surface area (Å²) in [6, 6.07) is 22.5. The number of hydrogen-bond donors (Lipinski definition) is 0. The van der Waals surface area contributed by atoms with Crippen molar-refractivity contribution < 1.29 is 9.53 Å². The highest BCUT2D eigenvalue weighted by atomic mass is 16.5. The summed E-state index contributed by atoms with van der Waals surface area (Å²) in [6.07, 6.45) is 0.468. The van der Waals surface area contributed by atoms with Crippen LogP contribution >= 0.6 is 0 Å². The van der Waals surface area contributed by atoms with Gasteiger partial charge in [-0.3, -0.25) is 4.79 Å². The summed E-state index contributed by atoms with van der Waals surface area (Å²) in [5, 5.41) is 0. The third-order valence-corrected chi connectivity index (χ3v) is 6.36. The van der Waals surface area contributed by atoms with Gasteiger partial charge >= 0.3 is 0 Å². The van der Waals surface area contributed by atoms with E-state index in [9.17, 15) is 4.79 Å². The molecule has 2 heterocycles. The fourth-order valence-corrected chi connectivity index (χ4v) is 4.89. The number of ether oxygens (including phenoxy) is 1. The van der Waals surface area contributed by atoms with Crippen molar-refractivity contribution in [2.24, 2.45) is 0 Å². The lowest BCUT2D eigenvalue weighted by molar-refractivity contribution is -0.117. The van der Waals surface area contributed by atoms with Crippen molar-refractivity contribution in [1.29, 1.82) is 0 Å². The van der Waals surface area contributed by atoms with Crippen LogP contribution in [0.2, 0.25) is 0 Å². The molecular formula is C28H29N3O2. The number of aromatic nitrogens is 2. The minimum Gasteiger partial charge on any atom is -0.492 e. The van der Waals surface area contributed by atoms with Gasteiger partial charge in [0.2, 0.25) is 5.91 Å². The van der Waals surface area contributed by atoms with Gasteiger partial charge in [0.1, 0.15) is 18.2 Å². The molecule has 3 aromatic carbocycles. The monoisotopic (exact) mass is 439 g/mol. The molecule has 168 valence electrons. The molecule has 0 aliphatic carbocycles. The Bertz CT molecular complexity index is 1300. The number of carbonyl (C=O) groups excluding carboxylic acids is 1. The van der Waals surface area contributed by atoms with Crippen LogP contribution in [-0.2, 0) is 11.3 Å². The van der Waals surface area contributed by atoms with Crippen molar-refractivity contribution >= 4 is 22.6 Å². The lowest BCUT2D eigenvalue weighted by Crippen LogP contribution is -2.25. The Hall–Kier alpha value is -3.60. The fraction of sp³-hybridized carbons (Fsp3) is 0.286. The van der Waals surface area contributed by atoms with Crippen molar-refractivity contribution in [3.63, 3.8) is 0 Å². The summed E-state index contributed by atoms with van der Waals surface area (Å²) in [7, 11) is 0. The lowest BCUT2D eigenvalue weighted by atomic mass is 10.1. The lowest BCUT2D eigenvalue weighted by Gasteiger charge is -2.19. The van der Waals surface area contributed by atoms with E-state index in [4.69, 9.17) is 9.72 Å². The van der Waals surface area contributed by atoms with Gasteiger partial charge in [-0.05, 0) is 67.8 Å². The molecule has 1 aliphatic rings. The first-order valence-electron chi connectivity index (χ1n) is 11.5. The molecule has 0 spiro atoms. The van der Waals surface area contributed by atoms with Crippen molar-refractivity contribution in [3.05, 3.63) is 89.2 Å². The maximum Gasteiger partial charge on any atom is 0.227 e. The number of benzene rings is 3. The van der Waals surface area contributed by atoms with Crippen molar-refractivity contribution in [2.45, 2.75) is 39.7 Å². The number of amides is 1. The van der Waals surface area contributed by atoms with Crippen molar-refractivity contribution in [2.75, 3.05) is 18.1 Å². The fourth-order valence-electron chi connectivity index (χ4n) is 4.89. The zero-order valence-corrected chi connectivity index (χ0v) is 19.4. The molecule has 0 saturated carbocycles. The van der Waals surface area contributed by atoms with Crippen LogP contribution in [0.4, 0.5) is 5.69 Å². The largest absolute Gasteiger partial charge is 0.492 e. The molecule has 1 aromatic heterocycles. The van der Waals surface area contributed by atoms with E-state index in [2.05, 4.69) is 55.7 Å². The Morgan fingerprint density at radius 2 is 1.70 bits per heavy atom. The van der Waals surface area contributed by atoms with E-state index in [-0.39, 0.29) is 11.8 Å². The number of imidazole rings is 1. The van der Waals surface area contributed by atoms with E-state index in [0.29, 0.717) is 26.1 Å². The SMILES string of the molecule is Cc1cc(C)cc(OCCn2c([C@H]3CC(=O)N(c4ccccc4C)C3)nc3ccccc32)c1. The maximum atomic E-state index is 13.0. The molecule has 0 radical (unpaired) electrons. The highest BCUT2D eigenvalue weighted by Gasteiger charge is 2.35. The van der Waals surface area contributed by atoms with E-state index in [1.165, 1.54) is 11.1 Å². The molecule has 1 fully saturated rings. The van der Waals surface area contributed by atoms with Gasteiger partial charge in [0.05, 0.1) is 17.6 Å². The standard InChI is InChI=1S/C28H29N3O2/c1-19-14-20(2)16-23(15-19)33-13-12-30-26-11-7-5-9-24(26)29-28(30)22-17-27(32)31(18-22)25-10-6-4-8-21(25)3/h4-11,14-16,22H,12-13,17-18H2,1-3H3/t22-/m0/s1. The van der Waals surface area contributed by atoms with Gasteiger partial charge in [-0.2, -0.15) is 0 Å². The second-order valence-corrected chi connectivity index (χ2v) is 8.97. The predicted molar refractivity (Wildman–Crippen MR) is 132 cm³/mol. The van der Waals surface area contributed by atoms with Gasteiger partial charge in [-0.1, -0.05) is 36.4 Å². The summed E-state index contributed by atoms with van der Waals surface area (Å²) in [6.45, 7) is 8.08. The van der Waals surface area contributed by atoms with E-state index < -0.39 is 0 Å². The quantitative estimate of drug-likeness (QED) is 0.395. The summed E-state index contributed by atoms with van der Waals surface area (Å²) in [5.74, 6) is 2.05. The van der Waals surface area contributed by atoms with Gasteiger partial charge in [0.25, 0.3) is 0 Å². The van der Waals surface area contributed by atoms with Crippen LogP contribution in [0.5, 0.6) is 5.75 Å². The summed E-state index contributed by atoms with van der Waals surface area (Å²) >= 11 is 0. The molecule has 5 rings (SSSR count). The Morgan fingerprint density at radius 1 is 0.970 bits per heavy atom. The smallest absolute Gasteiger partial charge is 0.227 e. The summed E-state index contributed by atoms with van der Waals surface area (Å²) in [5.41, 5.74) is 6.53. The minimum absolute atomic E-state index is 0.0470. The number of anilines is 1. The Kier molecular flexibility index (Phi) is 5.63. The molecular weight excluding hydrogens is 410 g/mol. The van der Waals surface area contributed by atoms with Crippen LogP contribution in [0.25, 0.3) is 11.0 Å². The molecule has 0 bridgehead atoms. The maximum absolute atomic E-state index is 13.0. The van der Waals surface area contributed by atoms with Gasteiger partial charge in [-0.25, -0.2) is 4.98 Å². The minimum atomic E-state index is 0.0470. The topological polar surface area (TPSA) is 47.4 Å². The Morgan fingerprint density at radius 3 is 2.48 bits per heavy atom. The third kappa shape index (κ3) is 4.23. The van der Waals surface area contributed by atoms with E-state index in [0.717, 1.165) is 33.9 Å². The number of rotatable bonds is 6. The van der Waals surface area contributed by atoms with Crippen molar-refractivity contribution in [1.82, 2.24) is 9.55 Å². The zero-order chi connectivity index (χ0) is 22.9. The third-order valence-electron chi connectivity index (χ3n) is 6.36. The number of para-hydroxylation sites is 3. The van der Waals surface area contributed by atoms with E-state index >= 15 is 0 Å². The van der Waals surface area contributed by atoms with Gasteiger partial charge < -0.3 is 14.2 Å². The normalized spacial score (nSPS) is 16.0. The van der Waals surface area contributed by atoms with Crippen LogP contribution in [0.1, 0.15) is 34.9 Å². The summed E-state index contributed by atoms with van der Waals surface area (Å²) < 4.78 is 8.34. The van der Waals surface area contributed by atoms with Crippen LogP contribution < -0.4 is 9.64 Å². The molecule has 0 N–H and O–H groups in total. The second kappa shape index (κ2) is 8.74. The number of carbonyl (C=O) groups is 1. The number of hydrogen-bond acceptors (Lipinski definition) is 3. The van der Waals surface area contributed by atoms with Gasteiger partial charge in [0, 0.05) is 24.6 Å². The van der Waals surface area contributed by atoms with E-state index in [1.54, 1.807) is 0 Å². The average molecular weight is 440 g/mol. The molecule has 1 atom stereocenters. The second-order valence-electron chi connectivity index (χ2n) is 8.97. The number of aryl methyl sites for hydroxylation is 3. The number of nitrogens with zero attached hydrogens (tertiary/aromatic N) is 3. The Labute approximate surface area is 194 Å². The van der Waals surface area contributed by atoms with Crippen LogP contribution in [0.15, 0.2) is 66.7 Å². The highest BCUT2D eigenvalue weighted by Crippen LogP contribution is 2.34. The zero-order valence-electron chi connectivity index (χ0n) is 19.4. The first-order chi connectivity index (χ1) is 16.0. The predicted octanol–water partition coefficient (Wildman–Crippen LogP) is 5.56. The molecule has 1 saturated heterocycles. The van der Waals surface area contributed by atoms with Gasteiger partial charge in [0.15, 0.2) is 0 Å². The molecule has 0 unspecified atom stereocenters. The summed E-state index contributed by atoms with van der Waals surface area (Å²) in [4.78, 5) is 19.8. The van der Waals surface area contributed by atoms with Gasteiger partial charge in [-0.15, -0.1) is 0 Å². The van der Waals surface area contributed by atoms with Crippen molar-refractivity contribution in [3.8, 4) is 5.75 Å². The molecule has 33 heavy (non-hydrogen) atoms. The molecule has 5 heteroatoms. The molecule has 1 aliphatic heterocycles. The number of fused-ring (bicyclic) bond motifs is 1. The first kappa shape index (κ1) is 21.3. The molecule has 4 aromatic rings. The highest BCUT2D eigenvalue weighted by molar-refractivity contribution is 5.97. The average Bonchev–Trinajstić information content (AvgIpc) is 3.34. The molecule has 5 nitrogen and oxygen atoms in total. The van der Waals surface area contributed by atoms with Crippen LogP contribution in [-0.4, -0.2) is 28.6 Å². The Balaban J connectivity index is 1.41. The molecule has 1 amide bonds. The van der Waals surface area contributed by atoms with Crippen LogP contribution in [0.3, 0.4) is 0 Å². The van der Waals surface area contributed by atoms with Crippen LogP contribution in [0, 0.1) is 20.8 Å². The van der Waals surface area contributed by atoms with E-state index in [1.807, 2.05) is 41.3 Å².